The number of nitrogens with zero attached hydrogens (tertiary/aromatic N) is 1. The summed E-state index contributed by atoms with van der Waals surface area (Å²) in [6.45, 7) is 3.13. The highest BCUT2D eigenvalue weighted by Crippen LogP contribution is 2.22. The van der Waals surface area contributed by atoms with Gasteiger partial charge < -0.3 is 15.3 Å². The Morgan fingerprint density at radius 1 is 1.27 bits per heavy atom. The number of benzene rings is 1. The van der Waals surface area contributed by atoms with Crippen LogP contribution in [0.25, 0.3) is 0 Å². The van der Waals surface area contributed by atoms with Gasteiger partial charge in [-0.25, -0.2) is 0 Å². The molecule has 0 amide bonds. The van der Waals surface area contributed by atoms with Gasteiger partial charge in [-0.05, 0) is 31.0 Å². The lowest BCUT2D eigenvalue weighted by molar-refractivity contribution is 0.311. The molecule has 1 aliphatic heterocycles. The largest absolute Gasteiger partial charge is 0.395 e. The van der Waals surface area contributed by atoms with Crippen LogP contribution in [0.5, 0.6) is 0 Å². The average Bonchev–Trinajstić information content (AvgIpc) is 2.80. The van der Waals surface area contributed by atoms with Crippen molar-refractivity contribution in [2.24, 2.45) is 0 Å². The van der Waals surface area contributed by atoms with E-state index in [4.69, 9.17) is 5.11 Å². The molecule has 1 saturated heterocycles. The molecule has 3 nitrogen and oxygen atoms in total. The highest BCUT2D eigenvalue weighted by molar-refractivity contribution is 5.58. The topological polar surface area (TPSA) is 35.5 Å². The summed E-state index contributed by atoms with van der Waals surface area (Å²) in [6, 6.07) is 8.40. The molecule has 0 bridgehead atoms. The number of anilines is 2. The second kappa shape index (κ2) is 5.03. The van der Waals surface area contributed by atoms with Gasteiger partial charge in [-0.1, -0.05) is 6.07 Å². The van der Waals surface area contributed by atoms with Crippen molar-refractivity contribution in [1.29, 1.82) is 0 Å². The third-order valence-electron chi connectivity index (χ3n) is 2.76. The fraction of sp³-hybridized carbons (Fsp3) is 0.500. The molecule has 0 spiro atoms. The minimum atomic E-state index is 0.175. The first-order valence-electron chi connectivity index (χ1n) is 5.60. The van der Waals surface area contributed by atoms with Gasteiger partial charge in [-0.3, -0.25) is 0 Å². The molecule has 1 fully saturated rings. The zero-order chi connectivity index (χ0) is 10.5. The minimum Gasteiger partial charge on any atom is -0.395 e. The summed E-state index contributed by atoms with van der Waals surface area (Å²) in [5.74, 6) is 0. The van der Waals surface area contributed by atoms with E-state index in [-0.39, 0.29) is 6.61 Å². The van der Waals surface area contributed by atoms with Gasteiger partial charge in [0, 0.05) is 31.0 Å². The molecule has 0 aromatic heterocycles. The van der Waals surface area contributed by atoms with Crippen molar-refractivity contribution in [3.05, 3.63) is 24.3 Å². The number of hydrogen-bond acceptors (Lipinski definition) is 3. The van der Waals surface area contributed by atoms with Gasteiger partial charge >= 0.3 is 0 Å². The molecule has 0 atom stereocenters. The summed E-state index contributed by atoms with van der Waals surface area (Å²) in [6.07, 6.45) is 2.60. The van der Waals surface area contributed by atoms with Crippen LogP contribution in [0.4, 0.5) is 11.4 Å². The molecule has 15 heavy (non-hydrogen) atoms. The number of aliphatic hydroxyl groups excluding tert-OH is 1. The van der Waals surface area contributed by atoms with Crippen LogP contribution in [-0.4, -0.2) is 31.3 Å². The molecule has 3 heteroatoms. The molecule has 0 radical (unpaired) electrons. The highest BCUT2D eigenvalue weighted by atomic mass is 16.3. The number of aliphatic hydroxyl groups is 1. The first-order valence-corrected chi connectivity index (χ1v) is 5.60. The fourth-order valence-corrected chi connectivity index (χ4v) is 1.99. The van der Waals surface area contributed by atoms with E-state index in [0.29, 0.717) is 6.54 Å². The Morgan fingerprint density at radius 3 is 2.80 bits per heavy atom. The van der Waals surface area contributed by atoms with Gasteiger partial charge in [0.25, 0.3) is 0 Å². The van der Waals surface area contributed by atoms with Gasteiger partial charge in [0.2, 0.25) is 0 Å². The van der Waals surface area contributed by atoms with Crippen LogP contribution in [0.3, 0.4) is 0 Å². The maximum atomic E-state index is 8.74. The van der Waals surface area contributed by atoms with Gasteiger partial charge in [-0.15, -0.1) is 0 Å². The molecule has 0 unspecified atom stereocenters. The van der Waals surface area contributed by atoms with E-state index in [9.17, 15) is 0 Å². The summed E-state index contributed by atoms with van der Waals surface area (Å²) in [7, 11) is 0. The van der Waals surface area contributed by atoms with Crippen LogP contribution in [0.1, 0.15) is 12.8 Å². The lowest BCUT2D eigenvalue weighted by Gasteiger charge is -2.18. The van der Waals surface area contributed by atoms with Gasteiger partial charge in [0.05, 0.1) is 6.61 Å². The number of nitrogens with one attached hydrogen (secondary N) is 1. The lowest BCUT2D eigenvalue weighted by Crippen LogP contribution is -2.17. The third-order valence-corrected chi connectivity index (χ3v) is 2.76. The van der Waals surface area contributed by atoms with E-state index in [1.165, 1.54) is 31.6 Å². The summed E-state index contributed by atoms with van der Waals surface area (Å²) < 4.78 is 0. The van der Waals surface area contributed by atoms with Crippen LogP contribution >= 0.6 is 0 Å². The second-order valence-corrected chi connectivity index (χ2v) is 3.89. The van der Waals surface area contributed by atoms with Gasteiger partial charge in [0.15, 0.2) is 0 Å². The van der Waals surface area contributed by atoms with Crippen LogP contribution in [0.15, 0.2) is 24.3 Å². The van der Waals surface area contributed by atoms with Crippen molar-refractivity contribution in [3.63, 3.8) is 0 Å². The van der Waals surface area contributed by atoms with Crippen molar-refractivity contribution < 1.29 is 5.11 Å². The Morgan fingerprint density at radius 2 is 2.07 bits per heavy atom. The maximum Gasteiger partial charge on any atom is 0.0604 e. The van der Waals surface area contributed by atoms with Crippen molar-refractivity contribution in [1.82, 2.24) is 0 Å². The third kappa shape index (κ3) is 2.63. The van der Waals surface area contributed by atoms with E-state index in [2.05, 4.69) is 28.4 Å². The Kier molecular flexibility index (Phi) is 3.45. The standard InChI is InChI=1S/C12H18N2O/c15-9-6-13-11-4-3-5-12(10-11)14-7-1-2-8-14/h3-5,10,13,15H,1-2,6-9H2. The van der Waals surface area contributed by atoms with Gasteiger partial charge in [-0.2, -0.15) is 0 Å². The minimum absolute atomic E-state index is 0.175. The summed E-state index contributed by atoms with van der Waals surface area (Å²) in [5.41, 5.74) is 2.38. The van der Waals surface area contributed by atoms with Crippen molar-refractivity contribution >= 4 is 11.4 Å². The Hall–Kier alpha value is -1.22. The van der Waals surface area contributed by atoms with Crippen molar-refractivity contribution in [2.75, 3.05) is 36.5 Å². The Balaban J connectivity index is 2.04. The first-order chi connectivity index (χ1) is 7.40. The molecule has 2 rings (SSSR count). The van der Waals surface area contributed by atoms with Crippen LogP contribution < -0.4 is 10.2 Å². The smallest absolute Gasteiger partial charge is 0.0604 e. The lowest BCUT2D eigenvalue weighted by atomic mass is 10.2. The predicted molar refractivity (Wildman–Crippen MR) is 63.5 cm³/mol. The van der Waals surface area contributed by atoms with E-state index in [0.717, 1.165) is 5.69 Å². The Labute approximate surface area is 90.7 Å². The van der Waals surface area contributed by atoms with E-state index in [1.54, 1.807) is 0 Å². The molecule has 0 aliphatic carbocycles. The Bertz CT molecular complexity index is 308. The summed E-state index contributed by atoms with van der Waals surface area (Å²) in [5, 5.41) is 11.9. The van der Waals surface area contributed by atoms with Crippen molar-refractivity contribution in [3.8, 4) is 0 Å². The molecule has 82 valence electrons. The highest BCUT2D eigenvalue weighted by Gasteiger charge is 2.11. The molecular weight excluding hydrogens is 188 g/mol. The molecule has 0 saturated carbocycles. The zero-order valence-electron chi connectivity index (χ0n) is 8.95. The normalized spacial score (nSPS) is 15.7. The number of hydrogen-bond donors (Lipinski definition) is 2. The maximum absolute atomic E-state index is 8.74. The SMILES string of the molecule is OCCNc1cccc(N2CCCC2)c1. The molecule has 1 aromatic rings. The quantitative estimate of drug-likeness (QED) is 0.787. The van der Waals surface area contributed by atoms with Crippen LogP contribution in [0.2, 0.25) is 0 Å². The zero-order valence-corrected chi connectivity index (χ0v) is 8.95. The molecule has 1 aliphatic rings. The molecule has 1 heterocycles. The molecule has 1 aromatic carbocycles. The first kappa shape index (κ1) is 10.3. The second-order valence-electron chi connectivity index (χ2n) is 3.89. The van der Waals surface area contributed by atoms with E-state index >= 15 is 0 Å². The summed E-state index contributed by atoms with van der Waals surface area (Å²) >= 11 is 0. The monoisotopic (exact) mass is 206 g/mol. The van der Waals surface area contributed by atoms with E-state index < -0.39 is 0 Å². The number of rotatable bonds is 4. The summed E-state index contributed by atoms with van der Waals surface area (Å²) in [4.78, 5) is 2.41. The van der Waals surface area contributed by atoms with Gasteiger partial charge in [0.1, 0.15) is 0 Å². The van der Waals surface area contributed by atoms with Crippen molar-refractivity contribution in [2.45, 2.75) is 12.8 Å². The van der Waals surface area contributed by atoms with E-state index in [1.807, 2.05) is 6.07 Å². The van der Waals surface area contributed by atoms with Crippen LogP contribution in [-0.2, 0) is 0 Å². The fourth-order valence-electron chi connectivity index (χ4n) is 1.99. The average molecular weight is 206 g/mol. The molecule has 2 N–H and O–H groups in total. The molecular formula is C12H18N2O. The van der Waals surface area contributed by atoms with Crippen LogP contribution in [0, 0.1) is 0 Å². The predicted octanol–water partition coefficient (Wildman–Crippen LogP) is 1.69.